The molecule has 2 saturated carbocycles. The molecule has 3 N–H and O–H groups in total. The Hall–Kier alpha value is -2.33. The van der Waals surface area contributed by atoms with Crippen LogP contribution in [0, 0.1) is 17.8 Å². The molecule has 2 aliphatic carbocycles. The molecule has 2 aromatic carbocycles. The molecule has 4 rings (SSSR count). The molecule has 2 fully saturated rings. The Morgan fingerprint density at radius 1 is 1.04 bits per heavy atom. The van der Waals surface area contributed by atoms with Crippen molar-refractivity contribution in [3.63, 3.8) is 0 Å². The van der Waals surface area contributed by atoms with Gasteiger partial charge in [0, 0.05) is 18.2 Å². The van der Waals surface area contributed by atoms with Crippen molar-refractivity contribution in [2.45, 2.75) is 38.5 Å². The third-order valence-corrected chi connectivity index (χ3v) is 5.95. The second kappa shape index (κ2) is 7.50. The highest BCUT2D eigenvalue weighted by molar-refractivity contribution is 5.80. The average molecular weight is 350 g/mol. The molecule has 2 bridgehead atoms. The predicted octanol–water partition coefficient (Wildman–Crippen LogP) is 3.26. The van der Waals surface area contributed by atoms with Gasteiger partial charge >= 0.3 is 0 Å². The quantitative estimate of drug-likeness (QED) is 0.840. The van der Waals surface area contributed by atoms with Gasteiger partial charge in [-0.3, -0.25) is 4.79 Å². The summed E-state index contributed by atoms with van der Waals surface area (Å²) in [6.07, 6.45) is 3.45. The van der Waals surface area contributed by atoms with Crippen LogP contribution in [0.5, 0.6) is 5.75 Å². The van der Waals surface area contributed by atoms with Gasteiger partial charge in [-0.2, -0.15) is 0 Å². The molecule has 0 aliphatic heterocycles. The molecular formula is C22H26N2O2. The van der Waals surface area contributed by atoms with Crippen LogP contribution in [0.1, 0.15) is 30.4 Å². The lowest BCUT2D eigenvalue weighted by Crippen LogP contribution is -2.45. The second-order valence-corrected chi connectivity index (χ2v) is 7.54. The van der Waals surface area contributed by atoms with E-state index in [9.17, 15) is 4.79 Å². The van der Waals surface area contributed by atoms with Crippen molar-refractivity contribution in [1.82, 2.24) is 5.32 Å². The van der Waals surface area contributed by atoms with Gasteiger partial charge in [-0.1, -0.05) is 48.5 Å². The van der Waals surface area contributed by atoms with Crippen molar-refractivity contribution in [2.75, 3.05) is 0 Å². The predicted molar refractivity (Wildman–Crippen MR) is 101 cm³/mol. The lowest BCUT2D eigenvalue weighted by molar-refractivity contribution is -0.127. The monoisotopic (exact) mass is 350 g/mol. The van der Waals surface area contributed by atoms with Crippen LogP contribution < -0.4 is 15.8 Å². The van der Waals surface area contributed by atoms with Crippen LogP contribution in [0.2, 0.25) is 0 Å². The molecule has 0 radical (unpaired) electrons. The number of carbonyl (C=O) groups excluding carboxylic acids is 1. The molecule has 2 aliphatic rings. The van der Waals surface area contributed by atoms with Crippen LogP contribution in [0.4, 0.5) is 0 Å². The van der Waals surface area contributed by atoms with E-state index in [-0.39, 0.29) is 17.9 Å². The first-order valence-electron chi connectivity index (χ1n) is 9.50. The van der Waals surface area contributed by atoms with E-state index in [1.165, 1.54) is 6.42 Å². The van der Waals surface area contributed by atoms with Gasteiger partial charge in [-0.25, -0.2) is 0 Å². The van der Waals surface area contributed by atoms with E-state index < -0.39 is 0 Å². The summed E-state index contributed by atoms with van der Waals surface area (Å²) >= 11 is 0. The van der Waals surface area contributed by atoms with E-state index in [2.05, 4.69) is 5.32 Å². The zero-order valence-corrected chi connectivity index (χ0v) is 14.9. The van der Waals surface area contributed by atoms with Crippen LogP contribution in [-0.4, -0.2) is 11.9 Å². The number of ether oxygens (including phenoxy) is 1. The van der Waals surface area contributed by atoms with E-state index in [4.69, 9.17) is 10.5 Å². The van der Waals surface area contributed by atoms with Crippen LogP contribution >= 0.6 is 0 Å². The Kier molecular flexibility index (Phi) is 4.93. The molecule has 2 aromatic rings. The van der Waals surface area contributed by atoms with Gasteiger partial charge in [-0.05, 0) is 42.7 Å². The third kappa shape index (κ3) is 3.47. The Labute approximate surface area is 154 Å². The number of nitrogens with two attached hydrogens (primary N) is 1. The van der Waals surface area contributed by atoms with Gasteiger partial charge in [0.2, 0.25) is 5.91 Å². The number of hydrogen-bond donors (Lipinski definition) is 2. The Balaban J connectivity index is 1.37. The molecule has 0 saturated heterocycles. The summed E-state index contributed by atoms with van der Waals surface area (Å²) in [4.78, 5) is 12.7. The smallest absolute Gasteiger partial charge is 0.225 e. The van der Waals surface area contributed by atoms with Crippen molar-refractivity contribution in [3.05, 3.63) is 65.7 Å². The zero-order chi connectivity index (χ0) is 17.9. The molecule has 1 amide bonds. The summed E-state index contributed by atoms with van der Waals surface area (Å²) in [6.45, 7) is 0.994. The van der Waals surface area contributed by atoms with Gasteiger partial charge in [-0.15, -0.1) is 0 Å². The summed E-state index contributed by atoms with van der Waals surface area (Å²) in [5.41, 5.74) is 8.41. The van der Waals surface area contributed by atoms with Gasteiger partial charge in [0.25, 0.3) is 0 Å². The van der Waals surface area contributed by atoms with Crippen molar-refractivity contribution in [3.8, 4) is 5.75 Å². The second-order valence-electron chi connectivity index (χ2n) is 7.54. The zero-order valence-electron chi connectivity index (χ0n) is 14.9. The van der Waals surface area contributed by atoms with Crippen LogP contribution in [0.3, 0.4) is 0 Å². The van der Waals surface area contributed by atoms with Crippen molar-refractivity contribution in [1.29, 1.82) is 0 Å². The van der Waals surface area contributed by atoms with Gasteiger partial charge < -0.3 is 15.8 Å². The molecule has 4 atom stereocenters. The third-order valence-electron chi connectivity index (χ3n) is 5.95. The first-order chi connectivity index (χ1) is 12.7. The molecule has 0 heterocycles. The number of rotatable bonds is 6. The minimum atomic E-state index is -0.0221. The Morgan fingerprint density at radius 2 is 1.77 bits per heavy atom. The van der Waals surface area contributed by atoms with E-state index in [0.29, 0.717) is 25.0 Å². The first kappa shape index (κ1) is 17.1. The van der Waals surface area contributed by atoms with Gasteiger partial charge in [0.05, 0.1) is 5.92 Å². The van der Waals surface area contributed by atoms with Gasteiger partial charge in [0.15, 0.2) is 0 Å². The maximum atomic E-state index is 12.7. The summed E-state index contributed by atoms with van der Waals surface area (Å²) in [5, 5.41) is 3.10. The number of benzene rings is 2. The standard InChI is InChI=1S/C22H26N2O2/c23-21-17-11-10-16(12-17)20(21)22(25)24-13-18-8-4-5-9-19(18)26-14-15-6-2-1-3-7-15/h1-9,16-17,20-21H,10-14,23H2,(H,24,25). The van der Waals surface area contributed by atoms with Crippen molar-refractivity contribution < 1.29 is 9.53 Å². The van der Waals surface area contributed by atoms with Crippen molar-refractivity contribution in [2.24, 2.45) is 23.5 Å². The summed E-state index contributed by atoms with van der Waals surface area (Å²) in [6, 6.07) is 18.0. The lowest BCUT2D eigenvalue weighted by atomic mass is 9.84. The number of fused-ring (bicyclic) bond motifs is 2. The van der Waals surface area contributed by atoms with E-state index in [0.717, 1.165) is 29.7 Å². The Bertz CT molecular complexity index is 760. The maximum absolute atomic E-state index is 12.7. The Morgan fingerprint density at radius 3 is 2.54 bits per heavy atom. The number of hydrogen-bond acceptors (Lipinski definition) is 3. The number of amides is 1. The highest BCUT2D eigenvalue weighted by atomic mass is 16.5. The molecule has 4 heteroatoms. The van der Waals surface area contributed by atoms with E-state index in [1.54, 1.807) is 0 Å². The number of carbonyl (C=O) groups is 1. The highest BCUT2D eigenvalue weighted by Gasteiger charge is 2.48. The highest BCUT2D eigenvalue weighted by Crippen LogP contribution is 2.47. The fraction of sp³-hybridized carbons (Fsp3) is 0.409. The topological polar surface area (TPSA) is 64.4 Å². The molecule has 0 spiro atoms. The lowest BCUT2D eigenvalue weighted by Gasteiger charge is -2.27. The maximum Gasteiger partial charge on any atom is 0.225 e. The van der Waals surface area contributed by atoms with Crippen LogP contribution in [-0.2, 0) is 17.9 Å². The number of para-hydroxylation sites is 1. The van der Waals surface area contributed by atoms with Crippen molar-refractivity contribution >= 4 is 5.91 Å². The SMILES string of the molecule is NC1C2CCC(C2)C1C(=O)NCc1ccccc1OCc1ccccc1. The first-order valence-corrected chi connectivity index (χ1v) is 9.50. The van der Waals surface area contributed by atoms with Gasteiger partial charge in [0.1, 0.15) is 12.4 Å². The molecule has 4 unspecified atom stereocenters. The minimum absolute atomic E-state index is 0.0221. The summed E-state index contributed by atoms with van der Waals surface area (Å²) in [5.74, 6) is 1.90. The van der Waals surface area contributed by atoms with E-state index >= 15 is 0 Å². The van der Waals surface area contributed by atoms with Crippen LogP contribution in [0.25, 0.3) is 0 Å². The molecule has 0 aromatic heterocycles. The fourth-order valence-corrected chi connectivity index (χ4v) is 4.55. The fourth-order valence-electron chi connectivity index (χ4n) is 4.55. The summed E-state index contributed by atoms with van der Waals surface area (Å²) in [7, 11) is 0. The largest absolute Gasteiger partial charge is 0.489 e. The average Bonchev–Trinajstić information content (AvgIpc) is 3.27. The summed E-state index contributed by atoms with van der Waals surface area (Å²) < 4.78 is 5.98. The number of nitrogens with one attached hydrogen (secondary N) is 1. The van der Waals surface area contributed by atoms with E-state index in [1.807, 2.05) is 54.6 Å². The van der Waals surface area contributed by atoms with Crippen LogP contribution in [0.15, 0.2) is 54.6 Å². The normalized spacial score (nSPS) is 26.7. The minimum Gasteiger partial charge on any atom is -0.489 e. The molecule has 136 valence electrons. The molecular weight excluding hydrogens is 324 g/mol. The molecule has 4 nitrogen and oxygen atoms in total. The molecule has 26 heavy (non-hydrogen) atoms.